The van der Waals surface area contributed by atoms with E-state index in [1.807, 2.05) is 0 Å². The summed E-state index contributed by atoms with van der Waals surface area (Å²) in [6.07, 6.45) is -3.41. The Morgan fingerprint density at radius 2 is 1.77 bits per heavy atom. The minimum atomic E-state index is -4.89. The molecule has 4 rings (SSSR count). The molecule has 5 nitrogen and oxygen atoms in total. The number of methoxy groups -OCH3 is 1. The normalized spacial score (nSPS) is 12.2. The molecule has 0 amide bonds. The van der Waals surface area contributed by atoms with Crippen LogP contribution in [0.15, 0.2) is 60.8 Å². The van der Waals surface area contributed by atoms with Crippen LogP contribution in [-0.4, -0.2) is 28.1 Å². The molecule has 0 bridgehead atoms. The summed E-state index contributed by atoms with van der Waals surface area (Å²) in [5, 5.41) is 10.7. The van der Waals surface area contributed by atoms with Crippen LogP contribution in [0.3, 0.4) is 0 Å². The molecule has 2 heterocycles. The number of pyridine rings is 1. The van der Waals surface area contributed by atoms with Crippen LogP contribution >= 0.6 is 0 Å². The van der Waals surface area contributed by atoms with Crippen molar-refractivity contribution in [3.63, 3.8) is 0 Å². The molecule has 2 aromatic carbocycles. The third-order valence-corrected chi connectivity index (χ3v) is 5.53. The number of rotatable bonds is 7. The van der Waals surface area contributed by atoms with Crippen LogP contribution in [-0.2, 0) is 19.1 Å². The average Bonchev–Trinajstić information content (AvgIpc) is 3.10. The molecular formula is C25H21F5N2O3. The molecule has 4 aromatic rings. The van der Waals surface area contributed by atoms with Gasteiger partial charge in [0.15, 0.2) is 0 Å². The van der Waals surface area contributed by atoms with E-state index in [2.05, 4.69) is 9.72 Å². The predicted molar refractivity (Wildman–Crippen MR) is 119 cm³/mol. The summed E-state index contributed by atoms with van der Waals surface area (Å²) < 4.78 is 77.2. The lowest BCUT2D eigenvalue weighted by atomic mass is 10.0. The zero-order valence-electron chi connectivity index (χ0n) is 18.7. The van der Waals surface area contributed by atoms with Crippen LogP contribution in [0.4, 0.5) is 22.0 Å². The van der Waals surface area contributed by atoms with Gasteiger partial charge in [0, 0.05) is 53.3 Å². The first-order chi connectivity index (χ1) is 16.5. The Morgan fingerprint density at radius 1 is 1.00 bits per heavy atom. The van der Waals surface area contributed by atoms with Crippen molar-refractivity contribution in [1.29, 1.82) is 0 Å². The van der Waals surface area contributed by atoms with Crippen molar-refractivity contribution < 1.29 is 36.5 Å². The number of hydrogen-bond acceptors (Lipinski definition) is 4. The molecule has 0 aliphatic carbocycles. The Bertz CT molecular complexity index is 1340. The topological polar surface area (TPSA) is 56.5 Å². The largest absolute Gasteiger partial charge is 0.573 e. The van der Waals surface area contributed by atoms with Crippen molar-refractivity contribution in [3.05, 3.63) is 77.6 Å². The van der Waals surface area contributed by atoms with Gasteiger partial charge in [0.2, 0.25) is 5.88 Å². The molecule has 0 atom stereocenters. The molecular weight excluding hydrogens is 471 g/mol. The molecule has 35 heavy (non-hydrogen) atoms. The number of benzene rings is 2. The van der Waals surface area contributed by atoms with Gasteiger partial charge in [-0.1, -0.05) is 18.2 Å². The Hall–Kier alpha value is -3.66. The lowest BCUT2D eigenvalue weighted by molar-refractivity contribution is -0.274. The van der Waals surface area contributed by atoms with Gasteiger partial charge >= 0.3 is 6.36 Å². The minimum Gasteiger partial charge on any atom is -0.481 e. The van der Waals surface area contributed by atoms with Gasteiger partial charge in [-0.15, -0.1) is 13.2 Å². The SMILES string of the molecule is COc1ccc(-c2c(CO)n(Cc3cccc(C(C)(F)F)c3)c3ccc(OC(F)(F)F)cc23)cn1. The van der Waals surface area contributed by atoms with Crippen molar-refractivity contribution in [1.82, 2.24) is 9.55 Å². The molecule has 0 saturated heterocycles. The predicted octanol–water partition coefficient (Wildman–Crippen LogP) is 6.26. The molecule has 184 valence electrons. The third-order valence-electron chi connectivity index (χ3n) is 5.53. The monoisotopic (exact) mass is 492 g/mol. The second kappa shape index (κ2) is 9.18. The maximum Gasteiger partial charge on any atom is 0.573 e. The first-order valence-electron chi connectivity index (χ1n) is 10.5. The van der Waals surface area contributed by atoms with Gasteiger partial charge in [0.1, 0.15) is 5.75 Å². The first kappa shape index (κ1) is 24.5. The minimum absolute atomic E-state index is 0.0966. The van der Waals surface area contributed by atoms with Crippen LogP contribution in [0.5, 0.6) is 11.6 Å². The van der Waals surface area contributed by atoms with E-state index in [4.69, 9.17) is 4.74 Å². The highest BCUT2D eigenvalue weighted by Crippen LogP contribution is 2.39. The zero-order chi connectivity index (χ0) is 25.4. The molecule has 0 saturated carbocycles. The molecule has 1 N–H and O–H groups in total. The number of ether oxygens (including phenoxy) is 2. The van der Waals surface area contributed by atoms with Gasteiger partial charge < -0.3 is 19.1 Å². The summed E-state index contributed by atoms with van der Waals surface area (Å²) in [6, 6.07) is 12.9. The Labute approximate surface area is 197 Å². The van der Waals surface area contributed by atoms with E-state index in [1.54, 1.807) is 22.8 Å². The van der Waals surface area contributed by atoms with E-state index in [0.29, 0.717) is 39.2 Å². The van der Waals surface area contributed by atoms with Gasteiger partial charge in [-0.3, -0.25) is 0 Å². The summed E-state index contributed by atoms with van der Waals surface area (Å²) in [5.74, 6) is -3.14. The smallest absolute Gasteiger partial charge is 0.481 e. The number of hydrogen-bond donors (Lipinski definition) is 1. The first-order valence-corrected chi connectivity index (χ1v) is 10.5. The molecule has 0 fully saturated rings. The highest BCUT2D eigenvalue weighted by Gasteiger charge is 2.31. The van der Waals surface area contributed by atoms with E-state index < -0.39 is 24.6 Å². The zero-order valence-corrected chi connectivity index (χ0v) is 18.7. The highest BCUT2D eigenvalue weighted by atomic mass is 19.4. The van der Waals surface area contributed by atoms with Crippen LogP contribution in [0, 0.1) is 0 Å². The quantitative estimate of drug-likeness (QED) is 0.309. The van der Waals surface area contributed by atoms with Crippen LogP contribution in [0.2, 0.25) is 0 Å². The lowest BCUT2D eigenvalue weighted by Gasteiger charge is -2.14. The summed E-state index contributed by atoms with van der Waals surface area (Å²) in [4.78, 5) is 4.16. The van der Waals surface area contributed by atoms with Crippen molar-refractivity contribution >= 4 is 10.9 Å². The Kier molecular flexibility index (Phi) is 6.42. The molecule has 2 aromatic heterocycles. The van der Waals surface area contributed by atoms with E-state index in [9.17, 15) is 27.1 Å². The fraction of sp³-hybridized carbons (Fsp3) is 0.240. The lowest BCUT2D eigenvalue weighted by Crippen LogP contribution is -2.17. The maximum absolute atomic E-state index is 13.9. The molecule has 0 radical (unpaired) electrons. The van der Waals surface area contributed by atoms with Crippen LogP contribution in [0.25, 0.3) is 22.0 Å². The van der Waals surface area contributed by atoms with Gasteiger partial charge in [-0.2, -0.15) is 0 Å². The highest BCUT2D eigenvalue weighted by molar-refractivity contribution is 5.99. The Morgan fingerprint density at radius 3 is 2.37 bits per heavy atom. The van der Waals surface area contributed by atoms with Crippen molar-refractivity contribution in [2.24, 2.45) is 0 Å². The number of fused-ring (bicyclic) bond motifs is 1. The number of alkyl halides is 5. The van der Waals surface area contributed by atoms with E-state index >= 15 is 0 Å². The van der Waals surface area contributed by atoms with Gasteiger partial charge in [-0.25, -0.2) is 13.8 Å². The van der Waals surface area contributed by atoms with Crippen molar-refractivity contribution in [2.75, 3.05) is 7.11 Å². The number of halogens is 5. The fourth-order valence-electron chi connectivity index (χ4n) is 4.03. The van der Waals surface area contributed by atoms with Crippen LogP contribution in [0.1, 0.15) is 23.7 Å². The second-order valence-electron chi connectivity index (χ2n) is 7.97. The number of aliphatic hydroxyl groups excluding tert-OH is 1. The Balaban J connectivity index is 1.91. The van der Waals surface area contributed by atoms with Crippen molar-refractivity contribution in [2.45, 2.75) is 32.4 Å². The van der Waals surface area contributed by atoms with Crippen LogP contribution < -0.4 is 9.47 Å². The summed E-state index contributed by atoms with van der Waals surface area (Å²) in [7, 11) is 1.45. The maximum atomic E-state index is 13.9. The van der Waals surface area contributed by atoms with Gasteiger partial charge in [-0.05, 0) is 35.9 Å². The van der Waals surface area contributed by atoms with Crippen molar-refractivity contribution in [3.8, 4) is 22.8 Å². The number of aromatic nitrogens is 2. The van der Waals surface area contributed by atoms with E-state index in [0.717, 1.165) is 6.92 Å². The summed E-state index contributed by atoms with van der Waals surface area (Å²) in [6.45, 7) is 0.432. The average molecular weight is 492 g/mol. The van der Waals surface area contributed by atoms with E-state index in [1.165, 1.54) is 49.7 Å². The molecule has 0 aliphatic heterocycles. The standard InChI is InChI=1S/C25H21F5N2O3/c1-24(26,27)17-5-3-4-15(10-17)13-32-20-8-7-18(35-25(28,29)30)11-19(20)23(21(32)14-33)16-6-9-22(34-2)31-12-16/h3-12,33H,13-14H2,1-2H3. The summed E-state index contributed by atoms with van der Waals surface area (Å²) in [5.41, 5.74) is 2.20. The van der Waals surface area contributed by atoms with Gasteiger partial charge in [0.25, 0.3) is 5.92 Å². The molecule has 0 spiro atoms. The molecule has 10 heteroatoms. The third kappa shape index (κ3) is 5.22. The molecule has 0 aliphatic rings. The second-order valence-corrected chi connectivity index (χ2v) is 7.97. The fourth-order valence-corrected chi connectivity index (χ4v) is 4.03. The van der Waals surface area contributed by atoms with E-state index in [-0.39, 0.29) is 12.1 Å². The number of aliphatic hydroxyl groups is 1. The number of nitrogens with zero attached hydrogens (tertiary/aromatic N) is 2. The molecule has 0 unspecified atom stereocenters. The summed E-state index contributed by atoms with van der Waals surface area (Å²) >= 11 is 0. The van der Waals surface area contributed by atoms with Gasteiger partial charge in [0.05, 0.1) is 19.4 Å².